The summed E-state index contributed by atoms with van der Waals surface area (Å²) in [5, 5.41) is 3.18. The minimum atomic E-state index is -0.140. The molecule has 7 heteroatoms. The summed E-state index contributed by atoms with van der Waals surface area (Å²) in [6, 6.07) is 14.5. The van der Waals surface area contributed by atoms with Crippen molar-refractivity contribution in [1.29, 1.82) is 0 Å². The SMILES string of the molecule is COc1ccc(C(=O)N2CCc3[nH]n(-c4ccccc4)c(=O)c3C2)cc1OC. The van der Waals surface area contributed by atoms with Gasteiger partial charge in [0.15, 0.2) is 11.5 Å². The molecule has 1 amide bonds. The van der Waals surface area contributed by atoms with Gasteiger partial charge in [0, 0.05) is 24.2 Å². The number of amides is 1. The molecule has 7 nitrogen and oxygen atoms in total. The monoisotopic (exact) mass is 379 g/mol. The van der Waals surface area contributed by atoms with Gasteiger partial charge >= 0.3 is 0 Å². The van der Waals surface area contributed by atoms with Gasteiger partial charge in [-0.3, -0.25) is 14.7 Å². The number of nitrogens with zero attached hydrogens (tertiary/aromatic N) is 2. The number of hydrogen-bond acceptors (Lipinski definition) is 4. The molecule has 0 radical (unpaired) electrons. The fourth-order valence-electron chi connectivity index (χ4n) is 3.49. The van der Waals surface area contributed by atoms with Crippen molar-refractivity contribution in [2.75, 3.05) is 20.8 Å². The molecule has 1 aromatic heterocycles. The lowest BCUT2D eigenvalue weighted by atomic mass is 10.1. The smallest absolute Gasteiger partial charge is 0.276 e. The molecule has 0 spiro atoms. The van der Waals surface area contributed by atoms with Crippen molar-refractivity contribution < 1.29 is 14.3 Å². The molecule has 0 saturated carbocycles. The number of para-hydroxylation sites is 1. The van der Waals surface area contributed by atoms with E-state index < -0.39 is 0 Å². The molecule has 1 aliphatic rings. The predicted octanol–water partition coefficient (Wildman–Crippen LogP) is 2.38. The summed E-state index contributed by atoms with van der Waals surface area (Å²) < 4.78 is 12.1. The first-order valence-electron chi connectivity index (χ1n) is 9.02. The highest BCUT2D eigenvalue weighted by Gasteiger charge is 2.27. The Morgan fingerprint density at radius 3 is 2.50 bits per heavy atom. The number of fused-ring (bicyclic) bond motifs is 1. The average molecular weight is 379 g/mol. The molecule has 0 saturated heterocycles. The van der Waals surface area contributed by atoms with Gasteiger partial charge in [0.05, 0.1) is 32.0 Å². The fourth-order valence-corrected chi connectivity index (χ4v) is 3.49. The van der Waals surface area contributed by atoms with Crippen LogP contribution in [0.2, 0.25) is 0 Å². The summed E-state index contributed by atoms with van der Waals surface area (Å²) in [6.07, 6.45) is 0.601. The summed E-state index contributed by atoms with van der Waals surface area (Å²) in [7, 11) is 3.08. The molecule has 0 bridgehead atoms. The van der Waals surface area contributed by atoms with Crippen molar-refractivity contribution in [3.05, 3.63) is 75.7 Å². The Morgan fingerprint density at radius 1 is 1.04 bits per heavy atom. The Morgan fingerprint density at radius 2 is 1.79 bits per heavy atom. The van der Waals surface area contributed by atoms with E-state index in [1.807, 2.05) is 30.3 Å². The molecular formula is C21H21N3O4. The Kier molecular flexibility index (Phi) is 4.65. The third kappa shape index (κ3) is 3.05. The molecule has 1 aliphatic heterocycles. The van der Waals surface area contributed by atoms with E-state index in [0.717, 1.165) is 11.4 Å². The zero-order chi connectivity index (χ0) is 19.7. The van der Waals surface area contributed by atoms with E-state index in [1.54, 1.807) is 30.2 Å². The number of rotatable bonds is 4. The van der Waals surface area contributed by atoms with Crippen molar-refractivity contribution in [2.24, 2.45) is 0 Å². The van der Waals surface area contributed by atoms with Crippen molar-refractivity contribution in [2.45, 2.75) is 13.0 Å². The Bertz CT molecular complexity index is 1070. The molecule has 1 N–H and O–H groups in total. The van der Waals surface area contributed by atoms with Crippen LogP contribution in [0.5, 0.6) is 11.5 Å². The minimum absolute atomic E-state index is 0.119. The third-order valence-electron chi connectivity index (χ3n) is 4.99. The van der Waals surface area contributed by atoms with Crippen LogP contribution in [0.4, 0.5) is 0 Å². The van der Waals surface area contributed by atoms with Crippen molar-refractivity contribution in [1.82, 2.24) is 14.7 Å². The number of nitrogens with one attached hydrogen (secondary N) is 1. The summed E-state index contributed by atoms with van der Waals surface area (Å²) in [5.41, 5.74) is 2.67. The standard InChI is InChI=1S/C21H21N3O4/c1-27-18-9-8-14(12-19(18)28-2)20(25)23-11-10-17-16(13-23)21(26)24(22-17)15-6-4-3-5-7-15/h3-9,12,22H,10-11,13H2,1-2H3. The Balaban J connectivity index is 1.62. The van der Waals surface area contributed by atoms with Crippen molar-refractivity contribution in [3.63, 3.8) is 0 Å². The normalized spacial score (nSPS) is 13.1. The van der Waals surface area contributed by atoms with Crippen LogP contribution in [0.25, 0.3) is 5.69 Å². The second-order valence-electron chi connectivity index (χ2n) is 6.59. The van der Waals surface area contributed by atoms with Gasteiger partial charge < -0.3 is 14.4 Å². The lowest BCUT2D eigenvalue weighted by Crippen LogP contribution is -2.37. The molecular weight excluding hydrogens is 358 g/mol. The minimum Gasteiger partial charge on any atom is -0.493 e. The number of H-pyrrole nitrogens is 1. The van der Waals surface area contributed by atoms with Crippen LogP contribution < -0.4 is 15.0 Å². The van der Waals surface area contributed by atoms with Crippen LogP contribution >= 0.6 is 0 Å². The van der Waals surface area contributed by atoms with Crippen LogP contribution in [0, 0.1) is 0 Å². The molecule has 28 heavy (non-hydrogen) atoms. The summed E-state index contributed by atoms with van der Waals surface area (Å²) in [5.74, 6) is 0.925. The second-order valence-corrected chi connectivity index (χ2v) is 6.59. The second kappa shape index (κ2) is 7.26. The topological polar surface area (TPSA) is 76.6 Å². The highest BCUT2D eigenvalue weighted by molar-refractivity contribution is 5.95. The first kappa shape index (κ1) is 17.9. The summed E-state index contributed by atoms with van der Waals surface area (Å²) in [6.45, 7) is 0.812. The zero-order valence-electron chi connectivity index (χ0n) is 15.8. The van der Waals surface area contributed by atoms with Crippen molar-refractivity contribution in [3.8, 4) is 17.2 Å². The first-order chi connectivity index (χ1) is 13.6. The molecule has 3 aromatic rings. The number of carbonyl (C=O) groups is 1. The van der Waals surface area contributed by atoms with E-state index in [4.69, 9.17) is 9.47 Å². The largest absolute Gasteiger partial charge is 0.493 e. The maximum Gasteiger partial charge on any atom is 0.276 e. The molecule has 2 aromatic carbocycles. The molecule has 0 aliphatic carbocycles. The maximum absolute atomic E-state index is 13.0. The number of ether oxygens (including phenoxy) is 2. The van der Waals surface area contributed by atoms with Gasteiger partial charge in [0.25, 0.3) is 11.5 Å². The molecule has 4 rings (SSSR count). The number of aromatic amines is 1. The molecule has 144 valence electrons. The number of benzene rings is 2. The van der Waals surface area contributed by atoms with Gasteiger partial charge in [-0.1, -0.05) is 18.2 Å². The van der Waals surface area contributed by atoms with Gasteiger partial charge in [-0.15, -0.1) is 0 Å². The van der Waals surface area contributed by atoms with Gasteiger partial charge in [-0.25, -0.2) is 4.68 Å². The average Bonchev–Trinajstić information content (AvgIpc) is 3.09. The maximum atomic E-state index is 13.0. The third-order valence-corrected chi connectivity index (χ3v) is 4.99. The van der Waals surface area contributed by atoms with Crippen LogP contribution in [0.15, 0.2) is 53.3 Å². The fraction of sp³-hybridized carbons (Fsp3) is 0.238. The molecule has 2 heterocycles. The molecule has 0 atom stereocenters. The predicted molar refractivity (Wildman–Crippen MR) is 104 cm³/mol. The van der Waals surface area contributed by atoms with Crippen LogP contribution in [-0.2, 0) is 13.0 Å². The lowest BCUT2D eigenvalue weighted by Gasteiger charge is -2.26. The van der Waals surface area contributed by atoms with E-state index in [-0.39, 0.29) is 18.0 Å². The van der Waals surface area contributed by atoms with Crippen LogP contribution in [-0.4, -0.2) is 41.4 Å². The number of methoxy groups -OCH3 is 2. The highest BCUT2D eigenvalue weighted by Crippen LogP contribution is 2.28. The Hall–Kier alpha value is -3.48. The quantitative estimate of drug-likeness (QED) is 0.755. The molecule has 0 unspecified atom stereocenters. The van der Waals surface area contributed by atoms with Crippen LogP contribution in [0.1, 0.15) is 21.6 Å². The van der Waals surface area contributed by atoms with E-state index >= 15 is 0 Å². The van der Waals surface area contributed by atoms with Gasteiger partial charge in [-0.2, -0.15) is 0 Å². The number of hydrogen-bond donors (Lipinski definition) is 1. The first-order valence-corrected chi connectivity index (χ1v) is 9.02. The summed E-state index contributed by atoms with van der Waals surface area (Å²) in [4.78, 5) is 27.5. The van der Waals surface area contributed by atoms with Crippen molar-refractivity contribution >= 4 is 5.91 Å². The van der Waals surface area contributed by atoms with E-state index in [2.05, 4.69) is 5.10 Å². The van der Waals surface area contributed by atoms with Gasteiger partial charge in [-0.05, 0) is 30.3 Å². The van der Waals surface area contributed by atoms with Crippen LogP contribution in [0.3, 0.4) is 0 Å². The number of aromatic nitrogens is 2. The zero-order valence-corrected chi connectivity index (χ0v) is 15.8. The van der Waals surface area contributed by atoms with Gasteiger partial charge in [0.2, 0.25) is 0 Å². The Labute approximate surface area is 162 Å². The highest BCUT2D eigenvalue weighted by atomic mass is 16.5. The van der Waals surface area contributed by atoms with E-state index in [0.29, 0.717) is 35.6 Å². The van der Waals surface area contributed by atoms with Gasteiger partial charge in [0.1, 0.15) is 0 Å². The number of carbonyl (C=O) groups excluding carboxylic acids is 1. The molecule has 0 fully saturated rings. The summed E-state index contributed by atoms with van der Waals surface area (Å²) >= 11 is 0. The van der Waals surface area contributed by atoms with E-state index in [1.165, 1.54) is 11.8 Å². The lowest BCUT2D eigenvalue weighted by molar-refractivity contribution is 0.0733. The van der Waals surface area contributed by atoms with E-state index in [9.17, 15) is 9.59 Å².